The number of dihydropyridines is 1. The lowest BCUT2D eigenvalue weighted by Crippen LogP contribution is -2.26. The summed E-state index contributed by atoms with van der Waals surface area (Å²) < 4.78 is 5.67. The number of furan rings is 1. The molecule has 0 spiro atoms. The zero-order valence-electron chi connectivity index (χ0n) is 11.9. The van der Waals surface area contributed by atoms with Crippen molar-refractivity contribution in [3.63, 3.8) is 0 Å². The normalized spacial score (nSPS) is 18.9. The highest BCUT2D eigenvalue weighted by Gasteiger charge is 2.34. The minimum Gasteiger partial charge on any atom is -0.465 e. The molecular weight excluding hydrogens is 272 g/mol. The molecule has 0 aromatic carbocycles. The van der Waals surface area contributed by atoms with E-state index in [0.717, 1.165) is 16.5 Å². The number of aryl methyl sites for hydroxylation is 1. The number of thioether (sulfide) groups is 1. The van der Waals surface area contributed by atoms with Crippen LogP contribution in [0.4, 0.5) is 0 Å². The topological polar surface area (TPSA) is 66.0 Å². The lowest BCUT2D eigenvalue weighted by molar-refractivity contribution is -0.113. The van der Waals surface area contributed by atoms with Crippen molar-refractivity contribution in [3.8, 4) is 6.07 Å². The Balaban J connectivity index is 2.65. The van der Waals surface area contributed by atoms with E-state index < -0.39 is 5.92 Å². The maximum atomic E-state index is 12.0. The van der Waals surface area contributed by atoms with Gasteiger partial charge in [-0.3, -0.25) is 4.79 Å². The van der Waals surface area contributed by atoms with Gasteiger partial charge in [0.25, 0.3) is 0 Å². The third kappa shape index (κ3) is 2.39. The van der Waals surface area contributed by atoms with E-state index in [4.69, 9.17) is 4.42 Å². The lowest BCUT2D eigenvalue weighted by atomic mass is 9.84. The van der Waals surface area contributed by atoms with E-state index in [9.17, 15) is 10.1 Å². The predicted octanol–water partition coefficient (Wildman–Crippen LogP) is 3.24. The summed E-state index contributed by atoms with van der Waals surface area (Å²) in [6, 6.07) is 5.89. The molecule has 1 aromatic rings. The van der Waals surface area contributed by atoms with Crippen LogP contribution in [0, 0.1) is 18.3 Å². The van der Waals surface area contributed by atoms with Crippen LogP contribution in [-0.4, -0.2) is 12.0 Å². The average Bonchev–Trinajstić information content (AvgIpc) is 2.83. The monoisotopic (exact) mass is 288 g/mol. The molecule has 0 aliphatic carbocycles. The molecule has 0 saturated carbocycles. The third-order valence-corrected chi connectivity index (χ3v) is 4.01. The lowest BCUT2D eigenvalue weighted by Gasteiger charge is -2.27. The molecule has 2 rings (SSSR count). The quantitative estimate of drug-likeness (QED) is 0.925. The highest BCUT2D eigenvalue weighted by atomic mass is 32.2. The van der Waals surface area contributed by atoms with E-state index in [-0.39, 0.29) is 5.78 Å². The van der Waals surface area contributed by atoms with Crippen molar-refractivity contribution in [2.45, 2.75) is 26.7 Å². The van der Waals surface area contributed by atoms with Gasteiger partial charge in [-0.1, -0.05) is 0 Å². The number of nitrogens with one attached hydrogen (secondary N) is 1. The van der Waals surface area contributed by atoms with Gasteiger partial charge in [-0.25, -0.2) is 0 Å². The van der Waals surface area contributed by atoms with E-state index in [1.807, 2.05) is 32.2 Å². The zero-order valence-corrected chi connectivity index (χ0v) is 12.7. The summed E-state index contributed by atoms with van der Waals surface area (Å²) in [6.45, 7) is 5.21. The Morgan fingerprint density at radius 3 is 2.60 bits per heavy atom. The first-order valence-electron chi connectivity index (χ1n) is 6.23. The van der Waals surface area contributed by atoms with E-state index in [1.54, 1.807) is 0 Å². The standard InChI is InChI=1S/C15H16N2O2S/c1-8-5-6-12(19-8)14-11(7-16)15(20-4)17-9(2)13(14)10(3)18/h5-6,14,17H,1-4H3. The number of carbonyl (C=O) groups is 1. The van der Waals surface area contributed by atoms with Gasteiger partial charge in [0, 0.05) is 11.3 Å². The molecule has 1 aromatic heterocycles. The Kier molecular flexibility index (Phi) is 4.05. The van der Waals surface area contributed by atoms with Crippen molar-refractivity contribution in [1.29, 1.82) is 5.26 Å². The SMILES string of the molecule is CSC1=C(C#N)C(c2ccc(C)o2)C(C(C)=O)=C(C)N1. The number of carbonyl (C=O) groups excluding carboxylic acids is 1. The van der Waals surface area contributed by atoms with Gasteiger partial charge in [-0.05, 0) is 39.2 Å². The summed E-state index contributed by atoms with van der Waals surface area (Å²) in [5.41, 5.74) is 1.90. The Morgan fingerprint density at radius 1 is 1.45 bits per heavy atom. The second-order valence-corrected chi connectivity index (χ2v) is 5.48. The smallest absolute Gasteiger partial charge is 0.158 e. The second kappa shape index (κ2) is 5.59. The molecule has 104 valence electrons. The molecule has 1 unspecified atom stereocenters. The van der Waals surface area contributed by atoms with Crippen molar-refractivity contribution in [2.75, 3.05) is 6.26 Å². The highest BCUT2D eigenvalue weighted by Crippen LogP contribution is 2.40. The van der Waals surface area contributed by atoms with Gasteiger partial charge in [-0.15, -0.1) is 11.8 Å². The summed E-state index contributed by atoms with van der Waals surface area (Å²) in [6.07, 6.45) is 1.90. The maximum absolute atomic E-state index is 12.0. The van der Waals surface area contributed by atoms with Gasteiger partial charge < -0.3 is 9.73 Å². The summed E-state index contributed by atoms with van der Waals surface area (Å²) >= 11 is 1.46. The van der Waals surface area contributed by atoms with Gasteiger partial charge in [0.1, 0.15) is 11.5 Å². The van der Waals surface area contributed by atoms with Crippen LogP contribution in [0.25, 0.3) is 0 Å². The zero-order chi connectivity index (χ0) is 14.9. The van der Waals surface area contributed by atoms with Gasteiger partial charge in [0.15, 0.2) is 5.78 Å². The fraction of sp³-hybridized carbons (Fsp3) is 0.333. The van der Waals surface area contributed by atoms with Crippen molar-refractivity contribution in [3.05, 3.63) is 45.5 Å². The number of ketones is 1. The average molecular weight is 288 g/mol. The molecule has 4 nitrogen and oxygen atoms in total. The van der Waals surface area contributed by atoms with Crippen molar-refractivity contribution < 1.29 is 9.21 Å². The molecule has 20 heavy (non-hydrogen) atoms. The van der Waals surface area contributed by atoms with E-state index >= 15 is 0 Å². The van der Waals surface area contributed by atoms with E-state index in [2.05, 4.69) is 11.4 Å². The summed E-state index contributed by atoms with van der Waals surface area (Å²) in [5, 5.41) is 13.4. The molecule has 0 amide bonds. The summed E-state index contributed by atoms with van der Waals surface area (Å²) in [5.74, 6) is 0.926. The molecule has 0 fully saturated rings. The number of hydrogen-bond donors (Lipinski definition) is 1. The molecule has 1 aliphatic heterocycles. The van der Waals surface area contributed by atoms with Crippen LogP contribution in [0.5, 0.6) is 0 Å². The molecule has 1 N–H and O–H groups in total. The molecule has 0 bridgehead atoms. The molecule has 2 heterocycles. The minimum absolute atomic E-state index is 0.0537. The number of rotatable bonds is 3. The van der Waals surface area contributed by atoms with Gasteiger partial charge in [0.2, 0.25) is 0 Å². The number of hydrogen-bond acceptors (Lipinski definition) is 5. The number of allylic oxidation sites excluding steroid dienone is 3. The molecule has 1 atom stereocenters. The van der Waals surface area contributed by atoms with Crippen molar-refractivity contribution in [2.24, 2.45) is 0 Å². The van der Waals surface area contributed by atoms with Crippen LogP contribution >= 0.6 is 11.8 Å². The van der Waals surface area contributed by atoms with Gasteiger partial charge >= 0.3 is 0 Å². The Hall–Kier alpha value is -1.93. The first-order chi connectivity index (χ1) is 9.49. The Morgan fingerprint density at radius 2 is 2.15 bits per heavy atom. The molecule has 1 aliphatic rings. The number of Topliss-reactive ketones (excluding diaryl/α,β-unsaturated/α-hetero) is 1. The first-order valence-corrected chi connectivity index (χ1v) is 7.45. The summed E-state index contributed by atoms with van der Waals surface area (Å²) in [7, 11) is 0. The summed E-state index contributed by atoms with van der Waals surface area (Å²) in [4.78, 5) is 12.0. The second-order valence-electron chi connectivity index (χ2n) is 4.66. The molecule has 0 saturated heterocycles. The largest absolute Gasteiger partial charge is 0.465 e. The fourth-order valence-corrected chi connectivity index (χ4v) is 3.07. The van der Waals surface area contributed by atoms with Gasteiger partial charge in [0.05, 0.1) is 22.6 Å². The third-order valence-electron chi connectivity index (χ3n) is 3.28. The van der Waals surface area contributed by atoms with Crippen LogP contribution < -0.4 is 5.32 Å². The maximum Gasteiger partial charge on any atom is 0.158 e. The van der Waals surface area contributed by atoms with Gasteiger partial charge in [-0.2, -0.15) is 5.26 Å². The fourth-order valence-electron chi connectivity index (χ4n) is 2.43. The van der Waals surface area contributed by atoms with Crippen LogP contribution in [0.15, 0.2) is 38.4 Å². The van der Waals surface area contributed by atoms with E-state index in [0.29, 0.717) is 16.9 Å². The van der Waals surface area contributed by atoms with Crippen molar-refractivity contribution in [1.82, 2.24) is 5.32 Å². The highest BCUT2D eigenvalue weighted by molar-refractivity contribution is 8.02. The van der Waals surface area contributed by atoms with E-state index in [1.165, 1.54) is 18.7 Å². The van der Waals surface area contributed by atoms with Crippen LogP contribution in [0.2, 0.25) is 0 Å². The minimum atomic E-state index is -0.421. The van der Waals surface area contributed by atoms with Crippen LogP contribution in [-0.2, 0) is 4.79 Å². The van der Waals surface area contributed by atoms with Crippen LogP contribution in [0.1, 0.15) is 31.3 Å². The number of nitriles is 1. The predicted molar refractivity (Wildman–Crippen MR) is 78.9 cm³/mol. The van der Waals surface area contributed by atoms with Crippen LogP contribution in [0.3, 0.4) is 0 Å². The molecule has 0 radical (unpaired) electrons. The Bertz CT molecular complexity index is 662. The van der Waals surface area contributed by atoms with Crippen molar-refractivity contribution >= 4 is 17.5 Å². The number of nitrogens with zero attached hydrogens (tertiary/aromatic N) is 1. The Labute approximate surface area is 122 Å². The molecule has 5 heteroatoms. The first kappa shape index (κ1) is 14.5. The molecular formula is C15H16N2O2S.